The number of rotatable bonds is 1. The summed E-state index contributed by atoms with van der Waals surface area (Å²) in [6.45, 7) is 1.43. The van der Waals surface area contributed by atoms with Crippen LogP contribution in [-0.4, -0.2) is 39.6 Å². The first-order valence-electron chi connectivity index (χ1n) is 4.98. The summed E-state index contributed by atoms with van der Waals surface area (Å²) < 4.78 is 26.4. The van der Waals surface area contributed by atoms with Crippen LogP contribution >= 0.6 is 15.9 Å². The van der Waals surface area contributed by atoms with Crippen molar-refractivity contribution >= 4 is 15.9 Å². The average Bonchev–Trinajstić information content (AvgIpc) is 2.45. The van der Waals surface area contributed by atoms with E-state index >= 15 is 0 Å². The quantitative estimate of drug-likeness (QED) is 0.736. The molecule has 0 aliphatic carbocycles. The third-order valence-electron chi connectivity index (χ3n) is 3.44. The molecule has 2 saturated heterocycles. The van der Waals surface area contributed by atoms with Crippen LogP contribution in [0.2, 0.25) is 0 Å². The van der Waals surface area contributed by atoms with Crippen molar-refractivity contribution in [2.24, 2.45) is 0 Å². The summed E-state index contributed by atoms with van der Waals surface area (Å²) in [6.07, 6.45) is 2.83. The van der Waals surface area contributed by atoms with Crippen molar-refractivity contribution in [1.82, 2.24) is 4.90 Å². The lowest BCUT2D eigenvalue weighted by Gasteiger charge is -2.39. The summed E-state index contributed by atoms with van der Waals surface area (Å²) in [7, 11) is 0. The van der Waals surface area contributed by atoms with Gasteiger partial charge < -0.3 is 5.11 Å². The normalized spacial score (nSPS) is 39.9. The van der Waals surface area contributed by atoms with E-state index in [2.05, 4.69) is 15.9 Å². The van der Waals surface area contributed by atoms with Crippen LogP contribution in [0.4, 0.5) is 8.78 Å². The highest BCUT2D eigenvalue weighted by Gasteiger charge is 2.60. The Kier molecular flexibility index (Phi) is 2.60. The van der Waals surface area contributed by atoms with Crippen LogP contribution in [0.25, 0.3) is 0 Å². The van der Waals surface area contributed by atoms with Crippen molar-refractivity contribution in [1.29, 1.82) is 0 Å². The first kappa shape index (κ1) is 10.8. The predicted molar refractivity (Wildman–Crippen MR) is 52.7 cm³/mol. The molecule has 82 valence electrons. The van der Waals surface area contributed by atoms with Crippen LogP contribution in [0.3, 0.4) is 0 Å². The zero-order valence-electron chi connectivity index (χ0n) is 7.85. The second-order valence-corrected chi connectivity index (χ2v) is 5.22. The van der Waals surface area contributed by atoms with Gasteiger partial charge in [-0.3, -0.25) is 4.90 Å². The average molecular weight is 270 g/mol. The minimum absolute atomic E-state index is 0.163. The van der Waals surface area contributed by atoms with E-state index in [0.717, 1.165) is 19.4 Å². The summed E-state index contributed by atoms with van der Waals surface area (Å²) >= 11 is 2.31. The summed E-state index contributed by atoms with van der Waals surface area (Å²) in [5.41, 5.74) is -1.87. The van der Waals surface area contributed by atoms with Gasteiger partial charge >= 0.3 is 4.83 Å². The van der Waals surface area contributed by atoms with E-state index in [4.69, 9.17) is 0 Å². The van der Waals surface area contributed by atoms with E-state index in [1.54, 1.807) is 0 Å². The largest absolute Gasteiger partial charge is 0.381 e. The molecule has 1 N–H and O–H groups in total. The molecule has 5 heteroatoms. The number of halogens is 3. The monoisotopic (exact) mass is 269 g/mol. The Morgan fingerprint density at radius 1 is 1.36 bits per heavy atom. The van der Waals surface area contributed by atoms with Gasteiger partial charge in [-0.15, -0.1) is 0 Å². The fourth-order valence-corrected chi connectivity index (χ4v) is 3.07. The first-order chi connectivity index (χ1) is 6.45. The molecule has 2 atom stereocenters. The van der Waals surface area contributed by atoms with E-state index < -0.39 is 10.4 Å². The second-order valence-electron chi connectivity index (χ2n) is 4.22. The number of nitrogens with zero attached hydrogens (tertiary/aromatic N) is 1. The second kappa shape index (κ2) is 3.39. The van der Waals surface area contributed by atoms with Gasteiger partial charge in [-0.2, -0.15) is 8.78 Å². The Morgan fingerprint density at radius 3 is 2.71 bits per heavy atom. The molecule has 2 aliphatic heterocycles. The number of hydrogen-bond acceptors (Lipinski definition) is 2. The summed E-state index contributed by atoms with van der Waals surface area (Å²) in [5.74, 6) is 0. The van der Waals surface area contributed by atoms with Crippen molar-refractivity contribution in [2.75, 3.05) is 13.1 Å². The van der Waals surface area contributed by atoms with Gasteiger partial charge in [0.05, 0.1) is 0 Å². The van der Waals surface area contributed by atoms with Gasteiger partial charge in [-0.25, -0.2) is 0 Å². The Balaban J connectivity index is 2.21. The number of hydrogen-bond donors (Lipinski definition) is 1. The van der Waals surface area contributed by atoms with Gasteiger partial charge in [0.15, 0.2) is 5.60 Å². The van der Waals surface area contributed by atoms with Gasteiger partial charge in [0.2, 0.25) is 0 Å². The maximum atomic E-state index is 13.2. The highest BCUT2D eigenvalue weighted by Crippen LogP contribution is 2.47. The molecular weight excluding hydrogens is 256 g/mol. The first-order valence-corrected chi connectivity index (χ1v) is 5.77. The van der Waals surface area contributed by atoms with Crippen LogP contribution in [0.1, 0.15) is 25.7 Å². The molecule has 0 aromatic rings. The molecule has 0 spiro atoms. The number of piperidine rings is 1. The van der Waals surface area contributed by atoms with E-state index in [1.807, 2.05) is 4.90 Å². The third-order valence-corrected chi connectivity index (χ3v) is 4.12. The van der Waals surface area contributed by atoms with Crippen LogP contribution in [0.5, 0.6) is 0 Å². The molecule has 0 aromatic heterocycles. The summed E-state index contributed by atoms with van der Waals surface area (Å²) in [6, 6.07) is -0.370. The van der Waals surface area contributed by atoms with Gasteiger partial charge in [-0.1, -0.05) is 6.42 Å². The molecule has 2 rings (SSSR count). The highest BCUT2D eigenvalue weighted by molar-refractivity contribution is 9.10. The van der Waals surface area contributed by atoms with Gasteiger partial charge in [0, 0.05) is 12.6 Å². The molecule has 0 bridgehead atoms. The van der Waals surface area contributed by atoms with Crippen LogP contribution in [0.15, 0.2) is 0 Å². The van der Waals surface area contributed by atoms with Gasteiger partial charge in [0.25, 0.3) is 0 Å². The fourth-order valence-electron chi connectivity index (χ4n) is 2.61. The maximum absolute atomic E-state index is 13.2. The molecule has 2 fully saturated rings. The summed E-state index contributed by atoms with van der Waals surface area (Å²) in [4.78, 5) is -1.19. The van der Waals surface area contributed by atoms with E-state index in [-0.39, 0.29) is 12.5 Å². The zero-order valence-corrected chi connectivity index (χ0v) is 9.43. The van der Waals surface area contributed by atoms with Crippen molar-refractivity contribution in [3.8, 4) is 0 Å². The van der Waals surface area contributed by atoms with E-state index in [0.29, 0.717) is 13.0 Å². The number of aliphatic hydroxyl groups is 1. The molecule has 2 unspecified atom stereocenters. The highest BCUT2D eigenvalue weighted by atomic mass is 79.9. The van der Waals surface area contributed by atoms with Crippen molar-refractivity contribution < 1.29 is 13.9 Å². The molecular formula is C9H14BrF2NO. The zero-order chi connectivity index (χ0) is 10.4. The maximum Gasteiger partial charge on any atom is 0.330 e. The Labute approximate surface area is 90.4 Å². The Morgan fingerprint density at radius 2 is 2.07 bits per heavy atom. The molecule has 0 aromatic carbocycles. The topological polar surface area (TPSA) is 23.5 Å². The Bertz CT molecular complexity index is 233. The van der Waals surface area contributed by atoms with Crippen molar-refractivity contribution in [3.05, 3.63) is 0 Å². The molecule has 2 aliphatic rings. The van der Waals surface area contributed by atoms with Crippen molar-refractivity contribution in [2.45, 2.75) is 42.2 Å². The van der Waals surface area contributed by atoms with Crippen LogP contribution < -0.4 is 0 Å². The molecule has 0 saturated carbocycles. The molecule has 2 nitrogen and oxygen atoms in total. The number of alkyl halides is 3. The van der Waals surface area contributed by atoms with E-state index in [1.165, 1.54) is 0 Å². The SMILES string of the molecule is OC1(C(F)(F)Br)CCN2CCCCC21. The molecule has 2 heterocycles. The van der Waals surface area contributed by atoms with Crippen LogP contribution in [-0.2, 0) is 0 Å². The molecule has 0 radical (unpaired) electrons. The van der Waals surface area contributed by atoms with Crippen molar-refractivity contribution in [3.63, 3.8) is 0 Å². The fraction of sp³-hybridized carbons (Fsp3) is 1.00. The minimum Gasteiger partial charge on any atom is -0.381 e. The van der Waals surface area contributed by atoms with Crippen LogP contribution in [0, 0.1) is 0 Å². The minimum atomic E-state index is -3.17. The lowest BCUT2D eigenvalue weighted by Crippen LogP contribution is -2.55. The molecule has 0 amide bonds. The van der Waals surface area contributed by atoms with Gasteiger partial charge in [0.1, 0.15) is 0 Å². The summed E-state index contributed by atoms with van der Waals surface area (Å²) in [5, 5.41) is 9.98. The lowest BCUT2D eigenvalue weighted by atomic mass is 9.89. The standard InChI is InChI=1S/C9H14BrF2NO/c10-9(11,12)8(14)4-6-13-5-2-1-3-7(8)13/h7,14H,1-6H2. The Hall–Kier alpha value is 0.260. The number of fused-ring (bicyclic) bond motifs is 1. The van der Waals surface area contributed by atoms with E-state index in [9.17, 15) is 13.9 Å². The third kappa shape index (κ3) is 1.49. The smallest absolute Gasteiger partial charge is 0.330 e. The lowest BCUT2D eigenvalue weighted by molar-refractivity contribution is -0.135. The predicted octanol–water partition coefficient (Wildman–Crippen LogP) is 1.96. The van der Waals surface area contributed by atoms with Gasteiger partial charge in [-0.05, 0) is 41.7 Å². The molecule has 14 heavy (non-hydrogen) atoms.